The van der Waals surface area contributed by atoms with Gasteiger partial charge in [0, 0.05) is 24.2 Å². The molecule has 0 saturated heterocycles. The molecule has 0 fully saturated rings. The number of nitrogens with zero attached hydrogens (tertiary/aromatic N) is 3. The molecule has 0 aliphatic rings. The summed E-state index contributed by atoms with van der Waals surface area (Å²) >= 11 is 6.29. The van der Waals surface area contributed by atoms with E-state index in [1.165, 1.54) is 0 Å². The van der Waals surface area contributed by atoms with Crippen molar-refractivity contribution in [3.63, 3.8) is 0 Å². The number of aromatic nitrogens is 3. The van der Waals surface area contributed by atoms with E-state index in [0.717, 1.165) is 27.7 Å². The highest BCUT2D eigenvalue weighted by atomic mass is 35.5. The van der Waals surface area contributed by atoms with Gasteiger partial charge in [-0.2, -0.15) is 5.10 Å². The van der Waals surface area contributed by atoms with Gasteiger partial charge in [-0.1, -0.05) is 35.9 Å². The lowest BCUT2D eigenvalue weighted by Crippen LogP contribution is -2.16. The third kappa shape index (κ3) is 2.52. The van der Waals surface area contributed by atoms with Gasteiger partial charge in [0.15, 0.2) is 0 Å². The molecule has 2 N–H and O–H groups in total. The normalized spacial score (nSPS) is 12.8. The first-order chi connectivity index (χ1) is 10.1. The average molecular weight is 301 g/mol. The quantitative estimate of drug-likeness (QED) is 0.808. The third-order valence-corrected chi connectivity index (χ3v) is 4.22. The smallest absolute Gasteiger partial charge is 0.130 e. The van der Waals surface area contributed by atoms with Gasteiger partial charge in [-0.15, -0.1) is 0 Å². The van der Waals surface area contributed by atoms with E-state index in [-0.39, 0.29) is 6.04 Å². The van der Waals surface area contributed by atoms with E-state index < -0.39 is 0 Å². The number of hydrogen-bond donors (Lipinski definition) is 1. The van der Waals surface area contributed by atoms with E-state index in [1.54, 1.807) is 10.9 Å². The lowest BCUT2D eigenvalue weighted by atomic mass is 10.00. The highest BCUT2D eigenvalue weighted by Crippen LogP contribution is 2.27. The molecule has 0 amide bonds. The molecule has 0 aliphatic carbocycles. The van der Waals surface area contributed by atoms with Gasteiger partial charge in [-0.3, -0.25) is 9.67 Å². The van der Waals surface area contributed by atoms with Gasteiger partial charge >= 0.3 is 0 Å². The molecule has 0 aliphatic heterocycles. The Kier molecular flexibility index (Phi) is 3.66. The third-order valence-electron chi connectivity index (χ3n) is 3.75. The van der Waals surface area contributed by atoms with E-state index in [2.05, 4.69) is 22.2 Å². The molecule has 108 valence electrons. The zero-order chi connectivity index (χ0) is 15.0. The number of pyridine rings is 1. The number of aryl methyl sites for hydroxylation is 2. The molecule has 1 unspecified atom stereocenters. The van der Waals surface area contributed by atoms with E-state index >= 15 is 0 Å². The van der Waals surface area contributed by atoms with Crippen molar-refractivity contribution in [3.05, 3.63) is 58.6 Å². The summed E-state index contributed by atoms with van der Waals surface area (Å²) in [4.78, 5) is 4.47. The minimum atomic E-state index is -0.212. The Morgan fingerprint density at radius 2 is 2.05 bits per heavy atom. The van der Waals surface area contributed by atoms with Crippen LogP contribution in [0, 0.1) is 6.92 Å². The fourth-order valence-electron chi connectivity index (χ4n) is 2.66. The Balaban J connectivity index is 1.99. The predicted octanol–water partition coefficient (Wildman–Crippen LogP) is 3.17. The Morgan fingerprint density at radius 1 is 1.29 bits per heavy atom. The van der Waals surface area contributed by atoms with Gasteiger partial charge in [0.25, 0.3) is 0 Å². The predicted molar refractivity (Wildman–Crippen MR) is 85.3 cm³/mol. The molecular weight excluding hydrogens is 284 g/mol. The maximum Gasteiger partial charge on any atom is 0.130 e. The van der Waals surface area contributed by atoms with Gasteiger partial charge in [-0.25, -0.2) is 0 Å². The fourth-order valence-corrected chi connectivity index (χ4v) is 2.91. The molecule has 2 aromatic heterocycles. The van der Waals surface area contributed by atoms with Crippen LogP contribution in [0.1, 0.15) is 23.0 Å². The number of benzene rings is 1. The lowest BCUT2D eigenvalue weighted by Gasteiger charge is -2.13. The summed E-state index contributed by atoms with van der Waals surface area (Å²) in [5.41, 5.74) is 9.18. The van der Waals surface area contributed by atoms with Crippen LogP contribution in [-0.2, 0) is 13.5 Å². The van der Waals surface area contributed by atoms with E-state index in [1.807, 2.05) is 32.2 Å². The zero-order valence-electron chi connectivity index (χ0n) is 12.0. The standard InChI is InChI=1S/C16H17ClN4/c1-10-13(16(17)21(2)20-10)9-14(18)15-12-6-4-3-5-11(12)7-8-19-15/h3-8,14H,9,18H2,1-2H3. The summed E-state index contributed by atoms with van der Waals surface area (Å²) in [6.07, 6.45) is 2.43. The van der Waals surface area contributed by atoms with Crippen LogP contribution in [0.2, 0.25) is 5.15 Å². The maximum atomic E-state index is 6.38. The van der Waals surface area contributed by atoms with Crippen LogP contribution in [0.25, 0.3) is 10.8 Å². The second-order valence-electron chi connectivity index (χ2n) is 5.21. The summed E-state index contributed by atoms with van der Waals surface area (Å²) in [5.74, 6) is 0. The van der Waals surface area contributed by atoms with Crippen molar-refractivity contribution >= 4 is 22.4 Å². The second-order valence-corrected chi connectivity index (χ2v) is 5.56. The van der Waals surface area contributed by atoms with Crippen molar-refractivity contribution in [2.75, 3.05) is 0 Å². The van der Waals surface area contributed by atoms with E-state index in [0.29, 0.717) is 11.6 Å². The van der Waals surface area contributed by atoms with Crippen LogP contribution < -0.4 is 5.73 Å². The van der Waals surface area contributed by atoms with Crippen molar-refractivity contribution in [1.29, 1.82) is 0 Å². The molecule has 5 heteroatoms. The molecule has 21 heavy (non-hydrogen) atoms. The van der Waals surface area contributed by atoms with Crippen LogP contribution in [-0.4, -0.2) is 14.8 Å². The average Bonchev–Trinajstić information content (AvgIpc) is 2.73. The highest BCUT2D eigenvalue weighted by Gasteiger charge is 2.18. The number of nitrogens with two attached hydrogens (primary N) is 1. The van der Waals surface area contributed by atoms with Gasteiger partial charge in [0.1, 0.15) is 5.15 Å². The fraction of sp³-hybridized carbons (Fsp3) is 0.250. The van der Waals surface area contributed by atoms with Gasteiger partial charge in [-0.05, 0) is 24.8 Å². The number of halogens is 1. The first-order valence-corrected chi connectivity index (χ1v) is 7.23. The SMILES string of the molecule is Cc1nn(C)c(Cl)c1CC(N)c1nccc2ccccc12. The number of fused-ring (bicyclic) bond motifs is 1. The largest absolute Gasteiger partial charge is 0.322 e. The minimum absolute atomic E-state index is 0.212. The molecule has 4 nitrogen and oxygen atoms in total. The molecule has 0 bridgehead atoms. The molecule has 0 spiro atoms. The van der Waals surface area contributed by atoms with Gasteiger partial charge in [0.05, 0.1) is 17.4 Å². The Hall–Kier alpha value is -1.91. The summed E-state index contributed by atoms with van der Waals surface area (Å²) in [6.45, 7) is 1.95. The number of hydrogen-bond acceptors (Lipinski definition) is 3. The van der Waals surface area contributed by atoms with Crippen LogP contribution in [0.15, 0.2) is 36.5 Å². The topological polar surface area (TPSA) is 56.7 Å². The van der Waals surface area contributed by atoms with Crippen molar-refractivity contribution in [3.8, 4) is 0 Å². The summed E-state index contributed by atoms with van der Waals surface area (Å²) in [5, 5.41) is 7.20. The first-order valence-electron chi connectivity index (χ1n) is 6.85. The maximum absolute atomic E-state index is 6.38. The van der Waals surface area contributed by atoms with Crippen molar-refractivity contribution < 1.29 is 0 Å². The van der Waals surface area contributed by atoms with E-state index in [9.17, 15) is 0 Å². The van der Waals surface area contributed by atoms with Crippen molar-refractivity contribution in [2.24, 2.45) is 12.8 Å². The molecule has 1 aromatic carbocycles. The Bertz CT molecular complexity index is 789. The number of rotatable bonds is 3. The summed E-state index contributed by atoms with van der Waals surface area (Å²) in [7, 11) is 1.83. The van der Waals surface area contributed by atoms with Crippen molar-refractivity contribution in [2.45, 2.75) is 19.4 Å². The second kappa shape index (κ2) is 5.47. The van der Waals surface area contributed by atoms with Crippen LogP contribution in [0.5, 0.6) is 0 Å². The Morgan fingerprint density at radius 3 is 2.76 bits per heavy atom. The van der Waals surface area contributed by atoms with Gasteiger partial charge in [0.2, 0.25) is 0 Å². The summed E-state index contributed by atoms with van der Waals surface area (Å²) < 4.78 is 1.68. The van der Waals surface area contributed by atoms with Crippen LogP contribution in [0.4, 0.5) is 0 Å². The molecule has 3 aromatic rings. The Labute approximate surface area is 128 Å². The molecule has 2 heterocycles. The monoisotopic (exact) mass is 300 g/mol. The first kappa shape index (κ1) is 14.0. The molecule has 0 saturated carbocycles. The summed E-state index contributed by atoms with van der Waals surface area (Å²) in [6, 6.07) is 9.91. The van der Waals surface area contributed by atoms with E-state index in [4.69, 9.17) is 17.3 Å². The van der Waals surface area contributed by atoms with Gasteiger partial charge < -0.3 is 5.73 Å². The molecule has 0 radical (unpaired) electrons. The molecule has 1 atom stereocenters. The van der Waals surface area contributed by atoms with Crippen LogP contribution >= 0.6 is 11.6 Å². The zero-order valence-corrected chi connectivity index (χ0v) is 12.8. The minimum Gasteiger partial charge on any atom is -0.322 e. The lowest BCUT2D eigenvalue weighted by molar-refractivity contribution is 0.701. The van der Waals surface area contributed by atoms with Crippen molar-refractivity contribution in [1.82, 2.24) is 14.8 Å². The molecular formula is C16H17ClN4. The molecule has 3 rings (SSSR count). The highest BCUT2D eigenvalue weighted by molar-refractivity contribution is 6.30. The van der Waals surface area contributed by atoms with Crippen LogP contribution in [0.3, 0.4) is 0 Å².